The van der Waals surface area contributed by atoms with Crippen molar-refractivity contribution in [2.45, 2.75) is 116 Å². The van der Waals surface area contributed by atoms with Crippen LogP contribution in [0.4, 0.5) is 0 Å². The molecular weight excluding hydrogens is 563 g/mol. The summed E-state index contributed by atoms with van der Waals surface area (Å²) in [5.74, 6) is 8.00. The monoisotopic (exact) mass is 611 g/mol. The predicted molar refractivity (Wildman–Crippen MR) is 175 cm³/mol. The number of hydrogen-bond acceptors (Lipinski definition) is 4. The molecule has 8 heteroatoms. The molecule has 2 aromatic carbocycles. The lowest BCUT2D eigenvalue weighted by Crippen LogP contribution is -2.48. The summed E-state index contributed by atoms with van der Waals surface area (Å²) in [6.07, 6.45) is 1.52. The minimum atomic E-state index is -3.65. The molecule has 0 atom stereocenters. The molecule has 2 aliphatic heterocycles. The first kappa shape index (κ1) is 32.0. The van der Waals surface area contributed by atoms with Gasteiger partial charge < -0.3 is 9.16 Å². The summed E-state index contributed by atoms with van der Waals surface area (Å²) in [5.41, 5.74) is 5.54. The number of nitrogens with zero attached hydrogens (tertiary/aromatic N) is 1. The zero-order chi connectivity index (χ0) is 29.8. The van der Waals surface area contributed by atoms with Gasteiger partial charge in [-0.05, 0) is 53.5 Å². The lowest BCUT2D eigenvalue weighted by atomic mass is 9.96. The van der Waals surface area contributed by atoms with Crippen molar-refractivity contribution in [2.24, 2.45) is 0 Å². The van der Waals surface area contributed by atoms with Crippen LogP contribution in [-0.4, -0.2) is 42.3 Å². The number of benzene rings is 2. The van der Waals surface area contributed by atoms with Crippen molar-refractivity contribution in [1.82, 2.24) is 4.31 Å². The van der Waals surface area contributed by atoms with Crippen LogP contribution >= 0.6 is 0 Å². The first-order valence-electron chi connectivity index (χ1n) is 15.7. The van der Waals surface area contributed by atoms with E-state index in [1.165, 1.54) is 16.3 Å². The van der Waals surface area contributed by atoms with Crippen molar-refractivity contribution >= 4 is 31.6 Å². The van der Waals surface area contributed by atoms with Gasteiger partial charge >= 0.3 is 0 Å². The van der Waals surface area contributed by atoms with Gasteiger partial charge in [-0.15, -0.1) is 0 Å². The van der Waals surface area contributed by atoms with Gasteiger partial charge in [0, 0.05) is 43.7 Å². The van der Waals surface area contributed by atoms with Crippen molar-refractivity contribution in [3.63, 3.8) is 0 Å². The molecule has 0 spiro atoms. The molecule has 0 aromatic heterocycles. The highest BCUT2D eigenvalue weighted by atomic mass is 32.2. The molecule has 41 heavy (non-hydrogen) atoms. The number of sulfonamides is 1. The predicted octanol–water partition coefficient (Wildman–Crippen LogP) is 7.11. The van der Waals surface area contributed by atoms with E-state index in [1.54, 1.807) is 16.4 Å². The van der Waals surface area contributed by atoms with Crippen molar-refractivity contribution in [1.29, 1.82) is 0 Å². The van der Waals surface area contributed by atoms with Gasteiger partial charge in [-0.2, -0.15) is 4.31 Å². The maximum absolute atomic E-state index is 13.9. The lowest BCUT2D eigenvalue weighted by Gasteiger charge is -2.33. The molecule has 0 fully saturated rings. The Hall–Kier alpha value is -1.90. The highest BCUT2D eigenvalue weighted by Gasteiger charge is 2.43. The molecule has 0 aliphatic carbocycles. The summed E-state index contributed by atoms with van der Waals surface area (Å²) < 4.78 is 42.3. The van der Waals surface area contributed by atoms with Crippen LogP contribution in [0.5, 0.6) is 5.75 Å². The number of hydrogen-bond donors (Lipinski definition) is 0. The average molecular weight is 612 g/mol. The van der Waals surface area contributed by atoms with Gasteiger partial charge in [0.2, 0.25) is 10.0 Å². The fourth-order valence-corrected chi connectivity index (χ4v) is 15.0. The first-order valence-corrected chi connectivity index (χ1v) is 22.3. The lowest BCUT2D eigenvalue weighted by molar-refractivity contribution is 0.308. The van der Waals surface area contributed by atoms with Crippen molar-refractivity contribution in [2.75, 3.05) is 13.2 Å². The highest BCUT2D eigenvalue weighted by Crippen LogP contribution is 2.41. The van der Waals surface area contributed by atoms with Crippen molar-refractivity contribution in [3.8, 4) is 17.6 Å². The molecule has 0 bridgehead atoms. The summed E-state index contributed by atoms with van der Waals surface area (Å²) >= 11 is 0. The van der Waals surface area contributed by atoms with Crippen LogP contribution in [0.2, 0.25) is 36.3 Å². The third-order valence-corrected chi connectivity index (χ3v) is 22.2. The second kappa shape index (κ2) is 13.2. The molecule has 2 aromatic rings. The minimum absolute atomic E-state index is 0.353. The third kappa shape index (κ3) is 5.98. The highest BCUT2D eigenvalue weighted by molar-refractivity contribution is 7.89. The summed E-state index contributed by atoms with van der Waals surface area (Å²) in [7, 11) is -7.18. The Morgan fingerprint density at radius 1 is 0.878 bits per heavy atom. The summed E-state index contributed by atoms with van der Waals surface area (Å²) in [5, 5.41) is 1.37. The molecule has 0 unspecified atom stereocenters. The van der Waals surface area contributed by atoms with E-state index < -0.39 is 26.4 Å². The Labute approximate surface area is 251 Å². The van der Waals surface area contributed by atoms with Crippen LogP contribution in [0.3, 0.4) is 0 Å². The van der Waals surface area contributed by atoms with Crippen molar-refractivity contribution in [3.05, 3.63) is 52.1 Å². The maximum Gasteiger partial charge on any atom is 0.243 e. The topological polar surface area (TPSA) is 55.8 Å². The van der Waals surface area contributed by atoms with E-state index in [4.69, 9.17) is 9.16 Å². The van der Waals surface area contributed by atoms with Gasteiger partial charge in [0.25, 0.3) is 0 Å². The SMILES string of the molecule is CC[Si](CC)(CC)OCCC#Cc1c2c(c([Si](CC)(CC)CC)c3c1CCO3)CN(S(=O)(=O)c1ccc(C)cc1)C2. The Morgan fingerprint density at radius 3 is 2.07 bits per heavy atom. The molecule has 4 rings (SSSR count). The quantitative estimate of drug-likeness (QED) is 0.146. The molecule has 2 heterocycles. The number of fused-ring (bicyclic) bond motifs is 2. The molecule has 224 valence electrons. The van der Waals surface area contributed by atoms with Crippen molar-refractivity contribution < 1.29 is 17.6 Å². The fraction of sp³-hybridized carbons (Fsp3) is 0.576. The number of aryl methyl sites for hydroxylation is 1. The number of ether oxygens (including phenoxy) is 1. The van der Waals surface area contributed by atoms with E-state index >= 15 is 0 Å². The van der Waals surface area contributed by atoms with E-state index in [0.29, 0.717) is 37.6 Å². The van der Waals surface area contributed by atoms with E-state index in [-0.39, 0.29) is 0 Å². The summed E-state index contributed by atoms with van der Waals surface area (Å²) in [6, 6.07) is 14.0. The Balaban J connectivity index is 1.78. The molecule has 0 saturated heterocycles. The van der Waals surface area contributed by atoms with Crippen LogP contribution < -0.4 is 9.92 Å². The van der Waals surface area contributed by atoms with E-state index in [9.17, 15) is 8.42 Å². The number of rotatable bonds is 12. The van der Waals surface area contributed by atoms with Gasteiger partial charge in [-0.1, -0.05) is 89.2 Å². The molecule has 5 nitrogen and oxygen atoms in total. The van der Waals surface area contributed by atoms with Gasteiger partial charge in [0.1, 0.15) is 5.75 Å². The largest absolute Gasteiger partial charge is 0.493 e. The minimum Gasteiger partial charge on any atom is -0.493 e. The molecule has 0 N–H and O–H groups in total. The summed E-state index contributed by atoms with van der Waals surface area (Å²) in [6.45, 7) is 17.8. The smallest absolute Gasteiger partial charge is 0.243 e. The standard InChI is InChI=1S/C33H49NO4SSi2/c1-8-40(9-2,10-3)33-31-25-34(39(35,36)27-19-17-26(7)18-20-27)24-30(31)28(29-21-23-37-32(29)33)16-14-15-22-38-41(11-4,12-5)13-6/h17-20H,8-13,15,21-25H2,1-7H3. The van der Waals surface area contributed by atoms with Crippen LogP contribution in [0.1, 0.15) is 75.8 Å². The van der Waals surface area contributed by atoms with E-state index in [2.05, 4.69) is 53.4 Å². The average Bonchev–Trinajstić information content (AvgIpc) is 3.66. The zero-order valence-corrected chi connectivity index (χ0v) is 29.1. The van der Waals surface area contributed by atoms with E-state index in [0.717, 1.165) is 65.1 Å². The molecule has 0 radical (unpaired) electrons. The molecular formula is C33H49NO4SSi2. The fourth-order valence-electron chi connectivity index (χ4n) is 6.84. The Kier molecular flexibility index (Phi) is 10.3. The molecule has 0 saturated carbocycles. The normalized spacial score (nSPS) is 15.3. The Morgan fingerprint density at radius 2 is 1.49 bits per heavy atom. The van der Waals surface area contributed by atoms with Gasteiger partial charge in [0.15, 0.2) is 8.32 Å². The molecule has 2 aliphatic rings. The van der Waals surface area contributed by atoms with E-state index in [1.807, 2.05) is 19.1 Å². The second-order valence-corrected chi connectivity index (χ2v) is 23.6. The third-order valence-electron chi connectivity index (χ3n) is 10.0. The van der Waals surface area contributed by atoms with Crippen LogP contribution in [-0.2, 0) is 34.0 Å². The summed E-state index contributed by atoms with van der Waals surface area (Å²) in [4.78, 5) is 0.353. The Bertz CT molecular complexity index is 1390. The van der Waals surface area contributed by atoms with Crippen LogP contribution in [0, 0.1) is 18.8 Å². The van der Waals surface area contributed by atoms with Gasteiger partial charge in [-0.25, -0.2) is 8.42 Å². The van der Waals surface area contributed by atoms with Crippen LogP contribution in [0.25, 0.3) is 0 Å². The van der Waals surface area contributed by atoms with Gasteiger partial charge in [0.05, 0.1) is 19.6 Å². The zero-order valence-electron chi connectivity index (χ0n) is 26.3. The van der Waals surface area contributed by atoms with Gasteiger partial charge in [-0.3, -0.25) is 0 Å². The van der Waals surface area contributed by atoms with Crippen LogP contribution in [0.15, 0.2) is 29.2 Å². The second-order valence-electron chi connectivity index (χ2n) is 11.7. The maximum atomic E-state index is 13.9. The first-order chi connectivity index (χ1) is 19.7. The molecule has 0 amide bonds.